The van der Waals surface area contributed by atoms with Crippen LogP contribution in [0.3, 0.4) is 0 Å². The van der Waals surface area contributed by atoms with E-state index in [-0.39, 0.29) is 0 Å². The lowest BCUT2D eigenvalue weighted by Gasteiger charge is -2.16. The summed E-state index contributed by atoms with van der Waals surface area (Å²) >= 11 is 1.67. The molecule has 0 aliphatic rings. The maximum atomic E-state index is 4.58. The second-order valence-electron chi connectivity index (χ2n) is 5.45. The second-order valence-corrected chi connectivity index (χ2v) is 6.32. The summed E-state index contributed by atoms with van der Waals surface area (Å²) in [7, 11) is 4.12. The first-order valence-corrected chi connectivity index (χ1v) is 7.87. The largest absolute Gasteiger partial charge is 0.379 e. The average Bonchev–Trinajstić information content (AvgIpc) is 2.98. The Labute approximate surface area is 129 Å². The normalized spacial score (nSPS) is 11.0. The van der Waals surface area contributed by atoms with E-state index in [0.717, 1.165) is 17.2 Å². The van der Waals surface area contributed by atoms with Crippen molar-refractivity contribution in [1.29, 1.82) is 0 Å². The molecule has 2 heterocycles. The number of anilines is 2. The molecule has 4 nitrogen and oxygen atoms in total. The van der Waals surface area contributed by atoms with Crippen LogP contribution in [-0.4, -0.2) is 23.5 Å². The molecule has 0 aliphatic carbocycles. The van der Waals surface area contributed by atoms with Crippen LogP contribution in [-0.2, 0) is 6.54 Å². The number of aromatic nitrogens is 2. The molecule has 21 heavy (non-hydrogen) atoms. The number of nitrogens with zero attached hydrogens (tertiary/aromatic N) is 3. The Bertz CT molecular complexity index is 770. The molecule has 0 saturated carbocycles. The first-order valence-electron chi connectivity index (χ1n) is 6.99. The van der Waals surface area contributed by atoms with E-state index in [1.807, 2.05) is 0 Å². The summed E-state index contributed by atoms with van der Waals surface area (Å²) in [5.41, 5.74) is 5.97. The molecular weight excluding hydrogens is 280 g/mol. The Hall–Kier alpha value is -2.01. The third-order valence-electron chi connectivity index (χ3n) is 3.73. The van der Waals surface area contributed by atoms with E-state index in [9.17, 15) is 0 Å². The summed E-state index contributed by atoms with van der Waals surface area (Å²) in [5, 5.41) is 5.60. The monoisotopic (exact) mass is 300 g/mol. The number of benzene rings is 1. The highest BCUT2D eigenvalue weighted by atomic mass is 32.1. The molecule has 110 valence electrons. The van der Waals surface area contributed by atoms with E-state index in [4.69, 9.17) is 0 Å². The van der Waals surface area contributed by atoms with E-state index in [2.05, 4.69) is 77.3 Å². The Balaban J connectivity index is 1.81. The minimum absolute atomic E-state index is 0.784. The maximum absolute atomic E-state index is 4.58. The van der Waals surface area contributed by atoms with Gasteiger partial charge in [0.1, 0.15) is 0 Å². The van der Waals surface area contributed by atoms with Crippen LogP contribution in [0.2, 0.25) is 0 Å². The summed E-state index contributed by atoms with van der Waals surface area (Å²) in [6, 6.07) is 6.48. The smallest absolute Gasteiger partial charge is 0.194 e. The highest BCUT2D eigenvalue weighted by Crippen LogP contribution is 2.23. The van der Waals surface area contributed by atoms with Gasteiger partial charge in [0.25, 0.3) is 0 Å². The molecule has 2 aromatic heterocycles. The molecule has 0 fully saturated rings. The summed E-state index contributed by atoms with van der Waals surface area (Å²) in [6.07, 6.45) is 2.08. The van der Waals surface area contributed by atoms with Gasteiger partial charge in [0.05, 0.1) is 17.9 Å². The van der Waals surface area contributed by atoms with Gasteiger partial charge in [-0.25, -0.2) is 4.98 Å². The van der Waals surface area contributed by atoms with Gasteiger partial charge in [0, 0.05) is 37.0 Å². The van der Waals surface area contributed by atoms with Gasteiger partial charge in [-0.1, -0.05) is 0 Å². The van der Waals surface area contributed by atoms with Crippen molar-refractivity contribution in [2.75, 3.05) is 24.3 Å². The van der Waals surface area contributed by atoms with Crippen LogP contribution in [0.15, 0.2) is 29.8 Å². The van der Waals surface area contributed by atoms with E-state index in [1.165, 1.54) is 22.6 Å². The molecule has 3 rings (SSSR count). The third-order valence-corrected chi connectivity index (χ3v) is 4.49. The first-order chi connectivity index (χ1) is 10.1. The number of nitrogens with one attached hydrogen (secondary N) is 1. The van der Waals surface area contributed by atoms with Gasteiger partial charge in [-0.3, -0.25) is 4.40 Å². The molecule has 0 bridgehead atoms. The molecule has 1 aromatic carbocycles. The minimum atomic E-state index is 0.784. The van der Waals surface area contributed by atoms with Crippen molar-refractivity contribution in [1.82, 2.24) is 9.38 Å². The second kappa shape index (κ2) is 5.41. The van der Waals surface area contributed by atoms with E-state index in [1.54, 1.807) is 11.3 Å². The maximum Gasteiger partial charge on any atom is 0.194 e. The number of imidazole rings is 1. The highest BCUT2D eigenvalue weighted by molar-refractivity contribution is 7.15. The molecule has 0 saturated heterocycles. The predicted molar refractivity (Wildman–Crippen MR) is 90.6 cm³/mol. The summed E-state index contributed by atoms with van der Waals surface area (Å²) in [4.78, 5) is 7.76. The number of fused-ring (bicyclic) bond motifs is 1. The minimum Gasteiger partial charge on any atom is -0.379 e. The summed E-state index contributed by atoms with van der Waals surface area (Å²) in [6.45, 7) is 4.99. The number of hydrogen-bond donors (Lipinski definition) is 1. The lowest BCUT2D eigenvalue weighted by molar-refractivity contribution is 0.992. The Morgan fingerprint density at radius 1 is 1.29 bits per heavy atom. The summed E-state index contributed by atoms with van der Waals surface area (Å²) in [5.74, 6) is 0. The van der Waals surface area contributed by atoms with E-state index in [0.29, 0.717) is 0 Å². The molecule has 0 aliphatic heterocycles. The average molecular weight is 300 g/mol. The fourth-order valence-corrected chi connectivity index (χ4v) is 3.24. The molecule has 0 atom stereocenters. The molecular formula is C16H20N4S. The van der Waals surface area contributed by atoms with Gasteiger partial charge in [-0.05, 0) is 37.6 Å². The van der Waals surface area contributed by atoms with Crippen molar-refractivity contribution in [2.24, 2.45) is 0 Å². The predicted octanol–water partition coefficient (Wildman–Crippen LogP) is 3.69. The Morgan fingerprint density at radius 3 is 2.81 bits per heavy atom. The zero-order chi connectivity index (χ0) is 15.0. The van der Waals surface area contributed by atoms with Crippen LogP contribution in [0.1, 0.15) is 17.0 Å². The lowest BCUT2D eigenvalue weighted by Crippen LogP contribution is -2.09. The van der Waals surface area contributed by atoms with Crippen molar-refractivity contribution >= 4 is 27.7 Å². The number of aryl methyl sites for hydroxylation is 2. The molecule has 1 N–H and O–H groups in total. The van der Waals surface area contributed by atoms with Crippen LogP contribution in [0.25, 0.3) is 4.96 Å². The van der Waals surface area contributed by atoms with Gasteiger partial charge in [-0.2, -0.15) is 0 Å². The number of rotatable bonds is 4. The van der Waals surface area contributed by atoms with Crippen molar-refractivity contribution in [3.63, 3.8) is 0 Å². The lowest BCUT2D eigenvalue weighted by atomic mass is 10.1. The van der Waals surface area contributed by atoms with Gasteiger partial charge in [0.2, 0.25) is 0 Å². The SMILES string of the molecule is Cc1cc(N(C)C)ccc1NCc1c(C)nc2sccn12. The quantitative estimate of drug-likeness (QED) is 0.797. The van der Waals surface area contributed by atoms with Crippen LogP contribution in [0.4, 0.5) is 11.4 Å². The zero-order valence-corrected chi connectivity index (χ0v) is 13.7. The zero-order valence-electron chi connectivity index (χ0n) is 12.8. The fraction of sp³-hybridized carbons (Fsp3) is 0.312. The van der Waals surface area contributed by atoms with E-state index < -0.39 is 0 Å². The highest BCUT2D eigenvalue weighted by Gasteiger charge is 2.09. The molecule has 0 unspecified atom stereocenters. The van der Waals surface area contributed by atoms with Crippen LogP contribution in [0.5, 0.6) is 0 Å². The molecule has 5 heteroatoms. The van der Waals surface area contributed by atoms with Crippen LogP contribution >= 0.6 is 11.3 Å². The topological polar surface area (TPSA) is 32.6 Å². The number of thiazole rings is 1. The van der Waals surface area contributed by atoms with Gasteiger partial charge >= 0.3 is 0 Å². The molecule has 0 radical (unpaired) electrons. The molecule has 0 amide bonds. The van der Waals surface area contributed by atoms with E-state index >= 15 is 0 Å². The molecule has 0 spiro atoms. The van der Waals surface area contributed by atoms with Crippen LogP contribution < -0.4 is 10.2 Å². The Morgan fingerprint density at radius 2 is 2.10 bits per heavy atom. The standard InChI is InChI=1S/C16H20N4S/c1-11-9-13(19(3)4)5-6-14(11)17-10-15-12(2)18-16-20(15)7-8-21-16/h5-9,17H,10H2,1-4H3. The number of hydrogen-bond acceptors (Lipinski definition) is 4. The van der Waals surface area contributed by atoms with Crippen molar-refractivity contribution in [2.45, 2.75) is 20.4 Å². The first kappa shape index (κ1) is 13.9. The van der Waals surface area contributed by atoms with Gasteiger partial charge < -0.3 is 10.2 Å². The van der Waals surface area contributed by atoms with Crippen molar-refractivity contribution in [3.8, 4) is 0 Å². The van der Waals surface area contributed by atoms with Crippen molar-refractivity contribution < 1.29 is 0 Å². The Kier molecular flexibility index (Phi) is 3.59. The van der Waals surface area contributed by atoms with Gasteiger partial charge in [0.15, 0.2) is 4.96 Å². The summed E-state index contributed by atoms with van der Waals surface area (Å²) < 4.78 is 2.16. The van der Waals surface area contributed by atoms with Crippen LogP contribution in [0, 0.1) is 13.8 Å². The fourth-order valence-electron chi connectivity index (χ4n) is 2.46. The van der Waals surface area contributed by atoms with Crippen molar-refractivity contribution in [3.05, 3.63) is 46.7 Å². The molecule has 3 aromatic rings. The van der Waals surface area contributed by atoms with Gasteiger partial charge in [-0.15, -0.1) is 11.3 Å². The third kappa shape index (κ3) is 2.61.